The van der Waals surface area contributed by atoms with Gasteiger partial charge in [0.05, 0.1) is 6.26 Å². The van der Waals surface area contributed by atoms with Gasteiger partial charge in [-0.2, -0.15) is 4.98 Å². The smallest absolute Gasteiger partial charge is 0.224 e. The van der Waals surface area contributed by atoms with Gasteiger partial charge < -0.3 is 15.1 Å². The zero-order chi connectivity index (χ0) is 14.4. The normalized spacial score (nSPS) is 12.2. The first-order valence-electron chi connectivity index (χ1n) is 7.05. The van der Waals surface area contributed by atoms with Gasteiger partial charge in [-0.15, -0.1) is 0 Å². The molecule has 0 saturated heterocycles. The third-order valence-corrected chi connectivity index (χ3v) is 3.09. The second kappa shape index (κ2) is 6.93. The summed E-state index contributed by atoms with van der Waals surface area (Å²) in [4.78, 5) is 8.74. The van der Waals surface area contributed by atoms with Crippen LogP contribution < -0.4 is 10.6 Å². The molecule has 2 rings (SSSR count). The molecule has 2 N–H and O–H groups in total. The quantitative estimate of drug-likeness (QED) is 0.811. The van der Waals surface area contributed by atoms with E-state index in [1.807, 2.05) is 32.2 Å². The first-order valence-corrected chi connectivity index (χ1v) is 7.05. The number of nitrogens with one attached hydrogen (secondary N) is 2. The van der Waals surface area contributed by atoms with Crippen LogP contribution in [0.2, 0.25) is 0 Å². The second-order valence-electron chi connectivity index (χ2n) is 4.92. The minimum Gasteiger partial charge on any atom is -0.469 e. The van der Waals surface area contributed by atoms with E-state index in [1.165, 1.54) is 0 Å². The molecule has 0 bridgehead atoms. The molecule has 5 nitrogen and oxygen atoms in total. The van der Waals surface area contributed by atoms with E-state index < -0.39 is 0 Å². The van der Waals surface area contributed by atoms with Crippen LogP contribution in [0.25, 0.3) is 0 Å². The number of rotatable bonds is 7. The molecule has 0 saturated carbocycles. The van der Waals surface area contributed by atoms with Crippen LogP contribution in [-0.2, 0) is 6.42 Å². The van der Waals surface area contributed by atoms with Crippen LogP contribution in [0.4, 0.5) is 11.8 Å². The molecule has 0 radical (unpaired) electrons. The molecule has 108 valence electrons. The summed E-state index contributed by atoms with van der Waals surface area (Å²) in [7, 11) is 0. The molecule has 2 heterocycles. The summed E-state index contributed by atoms with van der Waals surface area (Å²) in [5.74, 6) is 2.58. The SMILES string of the molecule is CCNc1ncc(C)c(NC(C)CCc2ccco2)n1. The van der Waals surface area contributed by atoms with E-state index >= 15 is 0 Å². The zero-order valence-electron chi connectivity index (χ0n) is 12.3. The fraction of sp³-hybridized carbons (Fsp3) is 0.467. The maximum Gasteiger partial charge on any atom is 0.224 e. The first-order chi connectivity index (χ1) is 9.69. The summed E-state index contributed by atoms with van der Waals surface area (Å²) in [6.07, 6.45) is 5.47. The summed E-state index contributed by atoms with van der Waals surface area (Å²) in [5.41, 5.74) is 1.05. The lowest BCUT2D eigenvalue weighted by Gasteiger charge is -2.16. The van der Waals surface area contributed by atoms with Crippen molar-refractivity contribution in [1.29, 1.82) is 0 Å². The van der Waals surface area contributed by atoms with Gasteiger partial charge in [-0.05, 0) is 39.3 Å². The van der Waals surface area contributed by atoms with Crippen LogP contribution >= 0.6 is 0 Å². The van der Waals surface area contributed by atoms with E-state index in [9.17, 15) is 0 Å². The summed E-state index contributed by atoms with van der Waals surface area (Å²) in [6.45, 7) is 7.01. The van der Waals surface area contributed by atoms with Crippen molar-refractivity contribution in [3.63, 3.8) is 0 Å². The summed E-state index contributed by atoms with van der Waals surface area (Å²) >= 11 is 0. The largest absolute Gasteiger partial charge is 0.469 e. The van der Waals surface area contributed by atoms with E-state index in [4.69, 9.17) is 4.42 Å². The topological polar surface area (TPSA) is 63.0 Å². The molecule has 2 aromatic rings. The van der Waals surface area contributed by atoms with Gasteiger partial charge in [0.15, 0.2) is 0 Å². The Morgan fingerprint density at radius 1 is 1.40 bits per heavy atom. The van der Waals surface area contributed by atoms with Gasteiger partial charge in [0.25, 0.3) is 0 Å². The predicted molar refractivity (Wildman–Crippen MR) is 81.0 cm³/mol. The number of hydrogen-bond acceptors (Lipinski definition) is 5. The van der Waals surface area contributed by atoms with Crippen LogP contribution in [0.5, 0.6) is 0 Å². The van der Waals surface area contributed by atoms with Crippen LogP contribution in [0.15, 0.2) is 29.0 Å². The Morgan fingerprint density at radius 3 is 2.95 bits per heavy atom. The van der Waals surface area contributed by atoms with Crippen molar-refractivity contribution in [2.45, 2.75) is 39.7 Å². The Bertz CT molecular complexity index is 525. The number of aryl methyl sites for hydroxylation is 2. The van der Waals surface area contributed by atoms with Gasteiger partial charge in [-0.25, -0.2) is 4.98 Å². The lowest BCUT2D eigenvalue weighted by molar-refractivity contribution is 0.495. The maximum atomic E-state index is 5.35. The molecule has 0 amide bonds. The Balaban J connectivity index is 1.92. The van der Waals surface area contributed by atoms with Gasteiger partial charge in [0.2, 0.25) is 5.95 Å². The van der Waals surface area contributed by atoms with E-state index in [1.54, 1.807) is 6.26 Å². The van der Waals surface area contributed by atoms with Crippen LogP contribution in [0.3, 0.4) is 0 Å². The fourth-order valence-corrected chi connectivity index (χ4v) is 1.95. The van der Waals surface area contributed by atoms with Crippen molar-refractivity contribution in [1.82, 2.24) is 9.97 Å². The Kier molecular flexibility index (Phi) is 4.98. The van der Waals surface area contributed by atoms with Crippen LogP contribution in [0.1, 0.15) is 31.6 Å². The maximum absolute atomic E-state index is 5.35. The first kappa shape index (κ1) is 14.4. The minimum atomic E-state index is 0.322. The van der Waals surface area contributed by atoms with E-state index in [2.05, 4.69) is 27.5 Å². The van der Waals surface area contributed by atoms with Crippen LogP contribution in [-0.4, -0.2) is 22.6 Å². The summed E-state index contributed by atoms with van der Waals surface area (Å²) in [5, 5.41) is 6.56. The highest BCUT2D eigenvalue weighted by Gasteiger charge is 2.08. The molecular weight excluding hydrogens is 252 g/mol. The van der Waals surface area contributed by atoms with Crippen LogP contribution in [0, 0.1) is 6.92 Å². The van der Waals surface area contributed by atoms with Gasteiger partial charge in [0, 0.05) is 30.8 Å². The van der Waals surface area contributed by atoms with Crippen molar-refractivity contribution in [3.05, 3.63) is 35.9 Å². The minimum absolute atomic E-state index is 0.322. The molecule has 0 aliphatic rings. The third kappa shape index (κ3) is 3.98. The third-order valence-electron chi connectivity index (χ3n) is 3.09. The molecule has 20 heavy (non-hydrogen) atoms. The average Bonchev–Trinajstić information content (AvgIpc) is 2.94. The molecule has 0 spiro atoms. The molecule has 0 fully saturated rings. The highest BCUT2D eigenvalue weighted by Crippen LogP contribution is 2.15. The summed E-state index contributed by atoms with van der Waals surface area (Å²) < 4.78 is 5.35. The standard InChI is InChI=1S/C15H22N4O/c1-4-16-15-17-10-11(2)14(19-15)18-12(3)7-8-13-6-5-9-20-13/h5-6,9-10,12H,4,7-8H2,1-3H3,(H2,16,17,18,19). The van der Waals surface area contributed by atoms with Gasteiger partial charge in [0.1, 0.15) is 11.6 Å². The van der Waals surface area contributed by atoms with Gasteiger partial charge >= 0.3 is 0 Å². The second-order valence-corrected chi connectivity index (χ2v) is 4.92. The predicted octanol–water partition coefficient (Wildman–Crippen LogP) is 3.24. The van der Waals surface area contributed by atoms with E-state index in [0.29, 0.717) is 12.0 Å². The number of hydrogen-bond donors (Lipinski definition) is 2. The van der Waals surface area contributed by atoms with E-state index in [0.717, 1.165) is 36.5 Å². The molecule has 0 aliphatic heterocycles. The monoisotopic (exact) mass is 274 g/mol. The molecular formula is C15H22N4O. The van der Waals surface area contributed by atoms with Gasteiger partial charge in [-0.3, -0.25) is 0 Å². The molecule has 1 atom stereocenters. The number of nitrogens with zero attached hydrogens (tertiary/aromatic N) is 2. The van der Waals surface area contributed by atoms with Crippen molar-refractivity contribution in [3.8, 4) is 0 Å². The number of furan rings is 1. The molecule has 2 aromatic heterocycles. The Labute approximate surface area is 119 Å². The Hall–Kier alpha value is -2.04. The Morgan fingerprint density at radius 2 is 2.25 bits per heavy atom. The lowest BCUT2D eigenvalue weighted by atomic mass is 10.1. The number of anilines is 2. The van der Waals surface area contributed by atoms with Crippen molar-refractivity contribution in [2.24, 2.45) is 0 Å². The zero-order valence-corrected chi connectivity index (χ0v) is 12.3. The van der Waals surface area contributed by atoms with Crippen molar-refractivity contribution < 1.29 is 4.42 Å². The van der Waals surface area contributed by atoms with Gasteiger partial charge in [-0.1, -0.05) is 0 Å². The number of aromatic nitrogens is 2. The molecule has 1 unspecified atom stereocenters. The average molecular weight is 274 g/mol. The molecule has 0 aromatic carbocycles. The van der Waals surface area contributed by atoms with Crippen molar-refractivity contribution in [2.75, 3.05) is 17.2 Å². The highest BCUT2D eigenvalue weighted by molar-refractivity contribution is 5.46. The summed E-state index contributed by atoms with van der Waals surface area (Å²) in [6, 6.07) is 4.25. The van der Waals surface area contributed by atoms with Crippen molar-refractivity contribution >= 4 is 11.8 Å². The lowest BCUT2D eigenvalue weighted by Crippen LogP contribution is -2.18. The molecule has 5 heteroatoms. The fourth-order valence-electron chi connectivity index (χ4n) is 1.95. The van der Waals surface area contributed by atoms with E-state index in [-0.39, 0.29) is 0 Å². The highest BCUT2D eigenvalue weighted by atomic mass is 16.3. The molecule has 0 aliphatic carbocycles.